The molecule has 0 aromatic heterocycles. The number of sulfonamides is 1. The lowest BCUT2D eigenvalue weighted by Gasteiger charge is -2.21. The number of nitrogens with one attached hydrogen (secondary N) is 1. The van der Waals surface area contributed by atoms with E-state index in [0.29, 0.717) is 23.8 Å². The number of hydrogen-bond donors (Lipinski definition) is 1. The zero-order chi connectivity index (χ0) is 27.5. The van der Waals surface area contributed by atoms with Crippen LogP contribution in [0.4, 0.5) is 0 Å². The molecule has 0 bridgehead atoms. The minimum absolute atomic E-state index is 0.0610. The van der Waals surface area contributed by atoms with Gasteiger partial charge in [0.1, 0.15) is 12.4 Å². The zero-order valence-electron chi connectivity index (χ0n) is 21.1. The van der Waals surface area contributed by atoms with E-state index in [-0.39, 0.29) is 18.0 Å². The lowest BCUT2D eigenvalue weighted by atomic mass is 10.1. The highest BCUT2D eigenvalue weighted by molar-refractivity contribution is 7.89. The van der Waals surface area contributed by atoms with E-state index in [9.17, 15) is 13.2 Å². The van der Waals surface area contributed by atoms with Crippen LogP contribution in [0.25, 0.3) is 0 Å². The van der Waals surface area contributed by atoms with Gasteiger partial charge in [-0.15, -0.1) is 0 Å². The second-order valence-electron chi connectivity index (χ2n) is 8.66. The molecule has 7 nitrogen and oxygen atoms in total. The second-order valence-corrected chi connectivity index (χ2v) is 11.0. The van der Waals surface area contributed by atoms with Crippen molar-refractivity contribution >= 4 is 33.7 Å². The first-order valence-corrected chi connectivity index (χ1v) is 14.1. The maximum Gasteiger partial charge on any atom is 0.255 e. The molecule has 0 aliphatic carbocycles. The van der Waals surface area contributed by atoms with Gasteiger partial charge in [-0.05, 0) is 71.6 Å². The van der Waals surface area contributed by atoms with E-state index in [1.165, 1.54) is 30.5 Å². The summed E-state index contributed by atoms with van der Waals surface area (Å²) in [6.07, 6.45) is 1.93. The van der Waals surface area contributed by atoms with Gasteiger partial charge in [-0.2, -0.15) is 9.41 Å². The molecule has 1 amide bonds. The number of hydrogen-bond acceptors (Lipinski definition) is 5. The number of carbonyl (C=O) groups excluding carboxylic acids is 1. The predicted molar refractivity (Wildman–Crippen MR) is 153 cm³/mol. The van der Waals surface area contributed by atoms with Gasteiger partial charge in [0.05, 0.1) is 17.7 Å². The Morgan fingerprint density at radius 2 is 1.46 bits per heavy atom. The molecule has 0 aliphatic rings. The predicted octanol–water partition coefficient (Wildman–Crippen LogP) is 5.30. The third-order valence-electron chi connectivity index (χ3n) is 5.80. The zero-order valence-corrected chi connectivity index (χ0v) is 22.7. The fraction of sp³-hybridized carbons (Fsp3) is 0.133. The summed E-state index contributed by atoms with van der Waals surface area (Å²) in [5, 5.41) is 4.42. The molecule has 0 unspecified atom stereocenters. The lowest BCUT2D eigenvalue weighted by molar-refractivity contribution is -0.121. The standard InChI is InChI=1S/C30H28ClN3O4S/c31-27-13-17-29(18-14-27)39(36,37)34(20-19-24-7-3-1-4-8-24)22-30(35)33-32-21-25-11-15-28(16-12-25)38-23-26-9-5-2-6-10-26/h1-18,21H,19-20,22-23H2,(H,33,35)/b32-21-. The van der Waals surface area contributed by atoms with Crippen molar-refractivity contribution in [3.8, 4) is 5.75 Å². The first-order chi connectivity index (χ1) is 18.9. The Hall–Kier alpha value is -3.98. The molecule has 9 heteroatoms. The van der Waals surface area contributed by atoms with Crippen LogP contribution in [0.3, 0.4) is 0 Å². The maximum atomic E-state index is 13.3. The molecular formula is C30H28ClN3O4S. The molecule has 200 valence electrons. The fourth-order valence-corrected chi connectivity index (χ4v) is 5.23. The summed E-state index contributed by atoms with van der Waals surface area (Å²) in [5.74, 6) is 0.154. The lowest BCUT2D eigenvalue weighted by Crippen LogP contribution is -2.40. The molecule has 0 saturated heterocycles. The quantitative estimate of drug-likeness (QED) is 0.188. The number of hydrazone groups is 1. The Labute approximate surface area is 233 Å². The minimum Gasteiger partial charge on any atom is -0.489 e. The molecule has 4 aromatic rings. The first-order valence-electron chi connectivity index (χ1n) is 12.3. The highest BCUT2D eigenvalue weighted by Crippen LogP contribution is 2.19. The van der Waals surface area contributed by atoms with E-state index in [0.717, 1.165) is 21.0 Å². The number of amides is 1. The van der Waals surface area contributed by atoms with E-state index < -0.39 is 15.9 Å². The highest BCUT2D eigenvalue weighted by Gasteiger charge is 2.26. The van der Waals surface area contributed by atoms with E-state index in [1.54, 1.807) is 0 Å². The smallest absolute Gasteiger partial charge is 0.255 e. The van der Waals surface area contributed by atoms with E-state index >= 15 is 0 Å². The number of nitrogens with zero attached hydrogens (tertiary/aromatic N) is 2. The van der Waals surface area contributed by atoms with Crippen molar-refractivity contribution in [2.75, 3.05) is 13.1 Å². The van der Waals surface area contributed by atoms with E-state index in [4.69, 9.17) is 16.3 Å². The number of rotatable bonds is 12. The summed E-state index contributed by atoms with van der Waals surface area (Å²) in [7, 11) is -3.94. The molecule has 0 atom stereocenters. The van der Waals surface area contributed by atoms with Crippen LogP contribution < -0.4 is 10.2 Å². The molecular weight excluding hydrogens is 534 g/mol. The summed E-state index contributed by atoms with van der Waals surface area (Å²) >= 11 is 5.93. The average molecular weight is 562 g/mol. The Morgan fingerprint density at radius 3 is 2.10 bits per heavy atom. The van der Waals surface area contributed by atoms with Crippen LogP contribution in [0.2, 0.25) is 5.02 Å². The second kappa shape index (κ2) is 13.7. The van der Waals surface area contributed by atoms with Crippen LogP contribution in [-0.2, 0) is 27.8 Å². The van der Waals surface area contributed by atoms with Crippen molar-refractivity contribution in [3.63, 3.8) is 0 Å². The van der Waals surface area contributed by atoms with Crippen molar-refractivity contribution in [3.05, 3.63) is 131 Å². The molecule has 0 aliphatic heterocycles. The highest BCUT2D eigenvalue weighted by atomic mass is 35.5. The van der Waals surface area contributed by atoms with Crippen LogP contribution >= 0.6 is 11.6 Å². The van der Waals surface area contributed by atoms with Gasteiger partial charge in [-0.3, -0.25) is 4.79 Å². The summed E-state index contributed by atoms with van der Waals surface area (Å²) in [5.41, 5.74) is 5.21. The Morgan fingerprint density at radius 1 is 0.846 bits per heavy atom. The van der Waals surface area contributed by atoms with Gasteiger partial charge in [0.15, 0.2) is 0 Å². The monoisotopic (exact) mass is 561 g/mol. The molecule has 0 fully saturated rings. The van der Waals surface area contributed by atoms with Crippen LogP contribution in [0.1, 0.15) is 16.7 Å². The van der Waals surface area contributed by atoms with Crippen molar-refractivity contribution in [1.82, 2.24) is 9.73 Å². The van der Waals surface area contributed by atoms with Crippen molar-refractivity contribution in [2.45, 2.75) is 17.9 Å². The summed E-state index contributed by atoms with van der Waals surface area (Å²) in [6.45, 7) is 0.196. The third kappa shape index (κ3) is 8.51. The molecule has 0 radical (unpaired) electrons. The van der Waals surface area contributed by atoms with Crippen LogP contribution in [0.5, 0.6) is 5.75 Å². The number of carbonyl (C=O) groups is 1. The van der Waals surface area contributed by atoms with Gasteiger partial charge < -0.3 is 4.74 Å². The SMILES string of the molecule is O=C(CN(CCc1ccccc1)S(=O)(=O)c1ccc(Cl)cc1)N/N=C\c1ccc(OCc2ccccc2)cc1. The van der Waals surface area contributed by atoms with Gasteiger partial charge in [0.25, 0.3) is 5.91 Å². The molecule has 4 rings (SSSR count). The van der Waals surface area contributed by atoms with Gasteiger partial charge in [0, 0.05) is 11.6 Å². The van der Waals surface area contributed by atoms with Crippen LogP contribution in [-0.4, -0.2) is 37.9 Å². The number of ether oxygens (including phenoxy) is 1. The van der Waals surface area contributed by atoms with E-state index in [1.807, 2.05) is 84.9 Å². The van der Waals surface area contributed by atoms with Gasteiger partial charge >= 0.3 is 0 Å². The maximum absolute atomic E-state index is 13.3. The molecule has 1 N–H and O–H groups in total. The minimum atomic E-state index is -3.94. The molecule has 4 aromatic carbocycles. The van der Waals surface area contributed by atoms with Gasteiger partial charge in [-0.25, -0.2) is 13.8 Å². The molecule has 0 spiro atoms. The topological polar surface area (TPSA) is 88.1 Å². The summed E-state index contributed by atoms with van der Waals surface area (Å²) < 4.78 is 33.6. The van der Waals surface area contributed by atoms with Crippen LogP contribution in [0.15, 0.2) is 119 Å². The van der Waals surface area contributed by atoms with Crippen molar-refractivity contribution in [1.29, 1.82) is 0 Å². The van der Waals surface area contributed by atoms with Crippen LogP contribution in [0, 0.1) is 0 Å². The molecule has 0 saturated carbocycles. The molecule has 0 heterocycles. The summed E-state index contributed by atoms with van der Waals surface area (Å²) in [6, 6.07) is 32.5. The number of halogens is 1. The molecule has 39 heavy (non-hydrogen) atoms. The van der Waals surface area contributed by atoms with Crippen molar-refractivity contribution < 1.29 is 17.9 Å². The van der Waals surface area contributed by atoms with E-state index in [2.05, 4.69) is 10.5 Å². The Balaban J connectivity index is 1.36. The Kier molecular flexibility index (Phi) is 9.85. The number of benzene rings is 4. The first kappa shape index (κ1) is 28.0. The summed E-state index contributed by atoms with van der Waals surface area (Å²) in [4.78, 5) is 12.8. The Bertz CT molecular complexity index is 1480. The average Bonchev–Trinajstić information content (AvgIpc) is 2.96. The fourth-order valence-electron chi connectivity index (χ4n) is 3.70. The van der Waals surface area contributed by atoms with Gasteiger partial charge in [0.2, 0.25) is 10.0 Å². The normalized spacial score (nSPS) is 11.5. The third-order valence-corrected chi connectivity index (χ3v) is 7.91. The largest absolute Gasteiger partial charge is 0.489 e. The van der Waals surface area contributed by atoms with Gasteiger partial charge in [-0.1, -0.05) is 72.3 Å². The van der Waals surface area contributed by atoms with Crippen molar-refractivity contribution in [2.24, 2.45) is 5.10 Å².